The molecule has 3 rings (SSSR count). The monoisotopic (exact) mass is 415 g/mol. The van der Waals surface area contributed by atoms with E-state index in [1.54, 1.807) is 12.1 Å². The molecule has 152 valence electrons. The second-order valence-electron chi connectivity index (χ2n) is 6.67. The molecule has 0 bridgehead atoms. The van der Waals surface area contributed by atoms with E-state index in [-0.39, 0.29) is 21.9 Å². The molecule has 1 saturated heterocycles. The van der Waals surface area contributed by atoms with E-state index in [4.69, 9.17) is 4.74 Å². The predicted molar refractivity (Wildman–Crippen MR) is 108 cm³/mol. The lowest BCUT2D eigenvalue weighted by molar-refractivity contribution is 0.0696. The van der Waals surface area contributed by atoms with Gasteiger partial charge in [0, 0.05) is 13.1 Å². The highest BCUT2D eigenvalue weighted by Crippen LogP contribution is 2.33. The van der Waals surface area contributed by atoms with Crippen molar-refractivity contribution >= 4 is 27.4 Å². The summed E-state index contributed by atoms with van der Waals surface area (Å²) in [4.78, 5) is 13.1. The van der Waals surface area contributed by atoms with Crippen LogP contribution in [0.1, 0.15) is 35.2 Å². The molecule has 8 nitrogen and oxygen atoms in total. The van der Waals surface area contributed by atoms with E-state index in [0.29, 0.717) is 11.3 Å². The van der Waals surface area contributed by atoms with Crippen LogP contribution in [0.4, 0.5) is 11.4 Å². The summed E-state index contributed by atoms with van der Waals surface area (Å²) in [6.45, 7) is 1.58. The first-order valence-corrected chi connectivity index (χ1v) is 10.6. The molecule has 29 heavy (non-hydrogen) atoms. The van der Waals surface area contributed by atoms with Gasteiger partial charge in [-0.2, -0.15) is 5.26 Å². The number of methoxy groups -OCH3 is 1. The van der Waals surface area contributed by atoms with Crippen LogP contribution in [0.15, 0.2) is 41.3 Å². The number of anilines is 2. The molecule has 2 aromatic carbocycles. The van der Waals surface area contributed by atoms with Gasteiger partial charge in [-0.25, -0.2) is 13.2 Å². The van der Waals surface area contributed by atoms with E-state index in [9.17, 15) is 23.6 Å². The molecule has 2 aromatic rings. The molecule has 0 atom stereocenters. The fraction of sp³-hybridized carbons (Fsp3) is 0.300. The number of ether oxygens (including phenoxy) is 1. The summed E-state index contributed by atoms with van der Waals surface area (Å²) in [7, 11) is -2.86. The standard InChI is InChI=1S/C20H21N3O5S/c1-28-18-8-6-15(20(24)25)12-19(18)29(26,27)22-16-11-14(13-21)5-7-17(16)23-9-3-2-4-10-23/h5-8,11-12,22H,2-4,9-10H2,1H3,(H,24,25). The van der Waals surface area contributed by atoms with Gasteiger partial charge in [-0.05, 0) is 55.7 Å². The van der Waals surface area contributed by atoms with Crippen molar-refractivity contribution in [1.29, 1.82) is 5.26 Å². The molecule has 2 N–H and O–H groups in total. The summed E-state index contributed by atoms with van der Waals surface area (Å²) < 4.78 is 33.9. The number of carbonyl (C=O) groups is 1. The van der Waals surface area contributed by atoms with Gasteiger partial charge < -0.3 is 14.7 Å². The number of hydrogen-bond donors (Lipinski definition) is 2. The molecule has 9 heteroatoms. The van der Waals surface area contributed by atoms with Crippen molar-refractivity contribution < 1.29 is 23.1 Å². The summed E-state index contributed by atoms with van der Waals surface area (Å²) in [6.07, 6.45) is 3.12. The number of rotatable bonds is 6. The Morgan fingerprint density at radius 2 is 1.90 bits per heavy atom. The lowest BCUT2D eigenvalue weighted by Crippen LogP contribution is -2.30. The molecule has 1 aliphatic rings. The van der Waals surface area contributed by atoms with Gasteiger partial charge in [-0.15, -0.1) is 0 Å². The average Bonchev–Trinajstić information content (AvgIpc) is 2.73. The Morgan fingerprint density at radius 3 is 2.52 bits per heavy atom. The summed E-state index contributed by atoms with van der Waals surface area (Å²) in [5, 5.41) is 18.4. The van der Waals surface area contributed by atoms with Crippen molar-refractivity contribution in [3.8, 4) is 11.8 Å². The minimum absolute atomic E-state index is 0.0264. The molecule has 1 fully saturated rings. The first-order chi connectivity index (χ1) is 13.9. The topological polar surface area (TPSA) is 120 Å². The minimum atomic E-state index is -4.17. The van der Waals surface area contributed by atoms with Crippen molar-refractivity contribution in [3.05, 3.63) is 47.5 Å². The quantitative estimate of drug-likeness (QED) is 0.744. The number of aromatic carboxylic acids is 1. The van der Waals surface area contributed by atoms with Crippen LogP contribution in [-0.2, 0) is 10.0 Å². The Labute approximate surface area is 169 Å². The Kier molecular flexibility index (Phi) is 5.94. The van der Waals surface area contributed by atoms with E-state index in [0.717, 1.165) is 38.4 Å². The van der Waals surface area contributed by atoms with E-state index in [1.807, 2.05) is 6.07 Å². The summed E-state index contributed by atoms with van der Waals surface area (Å²) in [5.74, 6) is -1.22. The molecule has 0 aliphatic carbocycles. The number of piperidine rings is 1. The lowest BCUT2D eigenvalue weighted by atomic mass is 10.1. The van der Waals surface area contributed by atoms with Crippen LogP contribution in [-0.4, -0.2) is 39.7 Å². The number of hydrogen-bond acceptors (Lipinski definition) is 6. The fourth-order valence-corrected chi connectivity index (χ4v) is 4.58. The van der Waals surface area contributed by atoms with Crippen molar-refractivity contribution in [3.63, 3.8) is 0 Å². The molecule has 0 spiro atoms. The van der Waals surface area contributed by atoms with Gasteiger partial charge in [0.1, 0.15) is 10.6 Å². The molecule has 0 amide bonds. The van der Waals surface area contributed by atoms with Crippen molar-refractivity contribution in [1.82, 2.24) is 0 Å². The second kappa shape index (κ2) is 8.41. The van der Waals surface area contributed by atoms with Gasteiger partial charge in [0.25, 0.3) is 10.0 Å². The Hall–Kier alpha value is -3.25. The Morgan fingerprint density at radius 1 is 1.17 bits per heavy atom. The van der Waals surface area contributed by atoms with E-state index in [1.165, 1.54) is 25.3 Å². The van der Waals surface area contributed by atoms with Crippen LogP contribution < -0.4 is 14.4 Å². The Balaban J connectivity index is 2.05. The zero-order valence-electron chi connectivity index (χ0n) is 15.9. The SMILES string of the molecule is COc1ccc(C(=O)O)cc1S(=O)(=O)Nc1cc(C#N)ccc1N1CCCCC1. The first kappa shape index (κ1) is 20.5. The maximum atomic E-state index is 13.1. The molecular weight excluding hydrogens is 394 g/mol. The van der Waals surface area contributed by atoms with Crippen LogP contribution in [0, 0.1) is 11.3 Å². The van der Waals surface area contributed by atoms with Crippen LogP contribution in [0.5, 0.6) is 5.75 Å². The van der Waals surface area contributed by atoms with E-state index in [2.05, 4.69) is 9.62 Å². The second-order valence-corrected chi connectivity index (χ2v) is 8.32. The minimum Gasteiger partial charge on any atom is -0.495 e. The third kappa shape index (κ3) is 4.43. The molecule has 0 saturated carbocycles. The largest absolute Gasteiger partial charge is 0.495 e. The van der Waals surface area contributed by atoms with Crippen LogP contribution in [0.25, 0.3) is 0 Å². The highest BCUT2D eigenvalue weighted by molar-refractivity contribution is 7.92. The first-order valence-electron chi connectivity index (χ1n) is 9.09. The van der Waals surface area contributed by atoms with Gasteiger partial charge in [0.05, 0.1) is 35.7 Å². The molecule has 1 aliphatic heterocycles. The maximum absolute atomic E-state index is 13.1. The number of nitrogens with one attached hydrogen (secondary N) is 1. The maximum Gasteiger partial charge on any atom is 0.335 e. The van der Waals surface area contributed by atoms with E-state index < -0.39 is 16.0 Å². The molecule has 0 aromatic heterocycles. The Bertz CT molecular complexity index is 1070. The average molecular weight is 415 g/mol. The molecule has 1 heterocycles. The van der Waals surface area contributed by atoms with Crippen LogP contribution in [0.3, 0.4) is 0 Å². The summed E-state index contributed by atoms with van der Waals surface area (Å²) >= 11 is 0. The smallest absolute Gasteiger partial charge is 0.335 e. The number of nitriles is 1. The fourth-order valence-electron chi connectivity index (χ4n) is 3.32. The number of sulfonamides is 1. The number of carboxylic acid groups (broad SMARTS) is 1. The number of nitrogens with zero attached hydrogens (tertiary/aromatic N) is 2. The third-order valence-corrected chi connectivity index (χ3v) is 6.15. The van der Waals surface area contributed by atoms with Crippen LogP contribution >= 0.6 is 0 Å². The van der Waals surface area contributed by atoms with Gasteiger partial charge in [0.2, 0.25) is 0 Å². The third-order valence-electron chi connectivity index (χ3n) is 4.77. The van der Waals surface area contributed by atoms with E-state index >= 15 is 0 Å². The zero-order valence-corrected chi connectivity index (χ0v) is 16.7. The van der Waals surface area contributed by atoms with Gasteiger partial charge in [-0.3, -0.25) is 4.72 Å². The highest BCUT2D eigenvalue weighted by atomic mass is 32.2. The summed E-state index contributed by atoms with van der Waals surface area (Å²) in [6, 6.07) is 10.5. The molecule has 0 radical (unpaired) electrons. The highest BCUT2D eigenvalue weighted by Gasteiger charge is 2.24. The molecular formula is C20H21N3O5S. The van der Waals surface area contributed by atoms with Crippen LogP contribution in [0.2, 0.25) is 0 Å². The molecule has 0 unspecified atom stereocenters. The van der Waals surface area contributed by atoms with Crippen molar-refractivity contribution in [2.75, 3.05) is 29.8 Å². The van der Waals surface area contributed by atoms with Gasteiger partial charge in [-0.1, -0.05) is 0 Å². The van der Waals surface area contributed by atoms with Crippen molar-refractivity contribution in [2.24, 2.45) is 0 Å². The summed E-state index contributed by atoms with van der Waals surface area (Å²) in [5.41, 5.74) is 1.09. The van der Waals surface area contributed by atoms with Gasteiger partial charge in [0.15, 0.2) is 0 Å². The zero-order chi connectivity index (χ0) is 21.0. The number of benzene rings is 2. The normalized spacial score (nSPS) is 14.1. The van der Waals surface area contributed by atoms with Crippen molar-refractivity contribution in [2.45, 2.75) is 24.2 Å². The predicted octanol–water partition coefficient (Wildman–Crippen LogP) is 3.06. The van der Waals surface area contributed by atoms with Gasteiger partial charge >= 0.3 is 5.97 Å². The number of carboxylic acids is 1. The lowest BCUT2D eigenvalue weighted by Gasteiger charge is -2.30.